The number of nitrogens with one attached hydrogen (secondary N) is 2. The number of carbonyl (C=O) groups is 3. The molecule has 0 atom stereocenters. The normalized spacial score (nSPS) is 10.3. The van der Waals surface area contributed by atoms with Gasteiger partial charge in [0.05, 0.1) is 24.5 Å². The van der Waals surface area contributed by atoms with E-state index < -0.39 is 35.2 Å². The number of rotatable bonds is 12. The lowest BCUT2D eigenvalue weighted by Gasteiger charge is -2.13. The molecule has 0 fully saturated rings. The van der Waals surface area contributed by atoms with Crippen molar-refractivity contribution in [2.24, 2.45) is 0 Å². The third-order valence-electron chi connectivity index (χ3n) is 4.33. The quantitative estimate of drug-likeness (QED) is 0.183. The minimum absolute atomic E-state index is 0.0558. The highest BCUT2D eigenvalue weighted by molar-refractivity contribution is 5.78. The zero-order valence-corrected chi connectivity index (χ0v) is 18.4. The molecule has 1 aromatic heterocycles. The molecule has 2 amide bonds. The summed E-state index contributed by atoms with van der Waals surface area (Å²) in [5.41, 5.74) is -0.242. The van der Waals surface area contributed by atoms with Gasteiger partial charge in [0.2, 0.25) is 17.7 Å². The van der Waals surface area contributed by atoms with Crippen LogP contribution in [0, 0.1) is 10.1 Å². The van der Waals surface area contributed by atoms with Gasteiger partial charge in [-0.2, -0.15) is 0 Å². The maximum absolute atomic E-state index is 12.1. The van der Waals surface area contributed by atoms with Crippen molar-refractivity contribution in [2.45, 2.75) is 19.8 Å². The van der Waals surface area contributed by atoms with Gasteiger partial charge in [-0.15, -0.1) is 4.73 Å². The molecule has 1 aromatic carbocycles. The Bertz CT molecular complexity index is 1050. The second-order valence-electron chi connectivity index (χ2n) is 6.82. The summed E-state index contributed by atoms with van der Waals surface area (Å²) in [5, 5.41) is 35.6. The molecular weight excluding hydrogens is 456 g/mol. The van der Waals surface area contributed by atoms with E-state index in [0.29, 0.717) is 4.73 Å². The fraction of sp³-hybridized carbons (Fsp3) is 0.350. The molecule has 14 nitrogen and oxygen atoms in total. The zero-order chi connectivity index (χ0) is 25.3. The smallest absolute Gasteiger partial charge is 0.333 e. The molecular formula is C20H24N4O10. The Morgan fingerprint density at radius 2 is 1.74 bits per heavy atom. The van der Waals surface area contributed by atoms with Crippen LogP contribution in [-0.4, -0.2) is 64.5 Å². The van der Waals surface area contributed by atoms with Crippen LogP contribution in [0.4, 0.5) is 5.69 Å². The molecule has 0 aliphatic carbocycles. The number of ether oxygens (including phenoxy) is 2. The van der Waals surface area contributed by atoms with Crippen LogP contribution >= 0.6 is 0 Å². The van der Waals surface area contributed by atoms with E-state index in [-0.39, 0.29) is 54.6 Å². The van der Waals surface area contributed by atoms with Gasteiger partial charge in [0, 0.05) is 37.7 Å². The van der Waals surface area contributed by atoms with Crippen molar-refractivity contribution in [1.82, 2.24) is 15.4 Å². The summed E-state index contributed by atoms with van der Waals surface area (Å²) in [4.78, 5) is 50.4. The highest BCUT2D eigenvalue weighted by Crippen LogP contribution is 2.35. The van der Waals surface area contributed by atoms with Crippen LogP contribution in [0.3, 0.4) is 0 Å². The number of benzene rings is 1. The lowest BCUT2D eigenvalue weighted by Crippen LogP contribution is -2.36. The molecule has 0 aliphatic rings. The van der Waals surface area contributed by atoms with Crippen molar-refractivity contribution in [3.8, 4) is 23.3 Å². The number of nitro groups is 1. The number of methoxy groups -OCH3 is 1. The Hall–Kier alpha value is -4.49. The Morgan fingerprint density at radius 1 is 1.09 bits per heavy atom. The van der Waals surface area contributed by atoms with Crippen molar-refractivity contribution >= 4 is 23.5 Å². The van der Waals surface area contributed by atoms with Crippen molar-refractivity contribution in [2.75, 3.05) is 26.8 Å². The Kier molecular flexibility index (Phi) is 9.05. The monoisotopic (exact) mass is 480 g/mol. The fourth-order valence-corrected chi connectivity index (χ4v) is 2.75. The summed E-state index contributed by atoms with van der Waals surface area (Å²) in [6.07, 6.45) is -0.448. The second-order valence-corrected chi connectivity index (χ2v) is 6.82. The highest BCUT2D eigenvalue weighted by atomic mass is 16.7. The van der Waals surface area contributed by atoms with Crippen LogP contribution in [0.2, 0.25) is 0 Å². The van der Waals surface area contributed by atoms with Gasteiger partial charge in [-0.3, -0.25) is 19.7 Å². The van der Waals surface area contributed by atoms with E-state index >= 15 is 0 Å². The standard InChI is InChI=1S/C20H24N4O10/c1-12(25)21-7-8-22-17(26)11-33-16-10-14(24(30)31)13(9-15(16)32-2)3-6-20(29)34-23-18(27)4-5-19(23)28/h4-5,9-10,27-28H,3,6-8,11H2,1-2H3,(H,21,25)(H,22,26). The van der Waals surface area contributed by atoms with Crippen LogP contribution in [0.25, 0.3) is 0 Å². The largest absolute Gasteiger partial charge is 0.493 e. The second kappa shape index (κ2) is 11.9. The first-order chi connectivity index (χ1) is 16.1. The number of hydrogen-bond donors (Lipinski definition) is 4. The van der Waals surface area contributed by atoms with Crippen LogP contribution in [0.5, 0.6) is 23.3 Å². The first-order valence-corrected chi connectivity index (χ1v) is 9.92. The molecule has 14 heteroatoms. The summed E-state index contributed by atoms with van der Waals surface area (Å²) in [7, 11) is 1.30. The number of nitro benzene ring substituents is 1. The topological polar surface area (TPSA) is 191 Å². The SMILES string of the molecule is COc1cc(CCC(=O)On2c(O)ccc2O)c([N+](=O)[O-])cc1OCC(=O)NCCNC(C)=O. The number of nitrogens with zero attached hydrogens (tertiary/aromatic N) is 2. The lowest BCUT2D eigenvalue weighted by molar-refractivity contribution is -0.385. The van der Waals surface area contributed by atoms with Gasteiger partial charge in [0.25, 0.3) is 11.6 Å². The van der Waals surface area contributed by atoms with Crippen molar-refractivity contribution in [3.05, 3.63) is 39.9 Å². The van der Waals surface area contributed by atoms with Gasteiger partial charge in [0.1, 0.15) is 0 Å². The van der Waals surface area contributed by atoms with Gasteiger partial charge in [-0.05, 0) is 12.5 Å². The molecule has 0 spiro atoms. The first-order valence-electron chi connectivity index (χ1n) is 9.92. The van der Waals surface area contributed by atoms with Gasteiger partial charge in [-0.25, -0.2) is 4.79 Å². The highest BCUT2D eigenvalue weighted by Gasteiger charge is 2.22. The number of aromatic nitrogens is 1. The van der Waals surface area contributed by atoms with E-state index in [1.807, 2.05) is 0 Å². The number of amides is 2. The zero-order valence-electron chi connectivity index (χ0n) is 18.4. The van der Waals surface area contributed by atoms with Gasteiger partial charge < -0.3 is 35.2 Å². The van der Waals surface area contributed by atoms with E-state index in [9.17, 15) is 34.7 Å². The predicted octanol–water partition coefficient (Wildman–Crippen LogP) is 0.0352. The molecule has 0 aliphatic heterocycles. The average Bonchev–Trinajstić information content (AvgIpc) is 3.10. The molecule has 4 N–H and O–H groups in total. The van der Waals surface area contributed by atoms with Crippen molar-refractivity contribution < 1.29 is 43.8 Å². The summed E-state index contributed by atoms with van der Waals surface area (Å²) in [6, 6.07) is 4.61. The molecule has 0 saturated carbocycles. The molecule has 2 aromatic rings. The fourth-order valence-electron chi connectivity index (χ4n) is 2.75. The molecule has 184 valence electrons. The summed E-state index contributed by atoms with van der Waals surface area (Å²) < 4.78 is 11.1. The van der Waals surface area contributed by atoms with Crippen LogP contribution in [0.1, 0.15) is 18.9 Å². The Labute approximate surface area is 193 Å². The van der Waals surface area contributed by atoms with Crippen LogP contribution < -0.4 is 24.9 Å². The average molecular weight is 480 g/mol. The summed E-state index contributed by atoms with van der Waals surface area (Å²) in [5.74, 6) is -2.58. The molecule has 0 bridgehead atoms. The number of aryl methyl sites for hydroxylation is 1. The van der Waals surface area contributed by atoms with Crippen molar-refractivity contribution in [3.63, 3.8) is 0 Å². The maximum Gasteiger partial charge on any atom is 0.333 e. The Morgan fingerprint density at radius 3 is 2.32 bits per heavy atom. The van der Waals surface area contributed by atoms with Gasteiger partial charge in [-0.1, -0.05) is 0 Å². The molecule has 0 unspecified atom stereocenters. The van der Waals surface area contributed by atoms with Crippen LogP contribution in [-0.2, 0) is 20.8 Å². The third kappa shape index (κ3) is 7.29. The van der Waals surface area contributed by atoms with E-state index in [1.54, 1.807) is 0 Å². The molecule has 34 heavy (non-hydrogen) atoms. The minimum Gasteiger partial charge on any atom is -0.493 e. The maximum atomic E-state index is 12.1. The Balaban J connectivity index is 2.04. The van der Waals surface area contributed by atoms with Crippen LogP contribution in [0.15, 0.2) is 24.3 Å². The minimum atomic E-state index is -0.869. The molecule has 0 radical (unpaired) electrons. The number of aromatic hydroxyl groups is 2. The van der Waals surface area contributed by atoms with Gasteiger partial charge >= 0.3 is 5.97 Å². The first kappa shape index (κ1) is 25.8. The lowest BCUT2D eigenvalue weighted by atomic mass is 10.1. The summed E-state index contributed by atoms with van der Waals surface area (Å²) >= 11 is 0. The van der Waals surface area contributed by atoms with Crippen molar-refractivity contribution in [1.29, 1.82) is 0 Å². The molecule has 1 heterocycles. The molecule has 2 rings (SSSR count). The number of hydrogen-bond acceptors (Lipinski definition) is 10. The van der Waals surface area contributed by atoms with E-state index in [0.717, 1.165) is 18.2 Å². The van der Waals surface area contributed by atoms with E-state index in [1.165, 1.54) is 20.1 Å². The number of carbonyl (C=O) groups excluding carboxylic acids is 3. The van der Waals surface area contributed by atoms with E-state index in [4.69, 9.17) is 14.3 Å². The summed E-state index contributed by atoms with van der Waals surface area (Å²) in [6.45, 7) is 1.29. The van der Waals surface area contributed by atoms with E-state index in [2.05, 4.69) is 10.6 Å². The third-order valence-corrected chi connectivity index (χ3v) is 4.33. The predicted molar refractivity (Wildman–Crippen MR) is 115 cm³/mol. The molecule has 0 saturated heterocycles. The van der Waals surface area contributed by atoms with Gasteiger partial charge in [0.15, 0.2) is 18.1 Å².